The van der Waals surface area contributed by atoms with Crippen molar-refractivity contribution in [3.05, 3.63) is 101 Å². The van der Waals surface area contributed by atoms with Crippen molar-refractivity contribution in [2.45, 2.75) is 12.1 Å². The summed E-state index contributed by atoms with van der Waals surface area (Å²) in [6.07, 6.45) is 1.29. The topological polar surface area (TPSA) is 64.4 Å². The van der Waals surface area contributed by atoms with Crippen molar-refractivity contribution in [3.63, 3.8) is 0 Å². The molecule has 0 saturated heterocycles. The van der Waals surface area contributed by atoms with Crippen LogP contribution in [0.5, 0.6) is 11.5 Å². The molecule has 0 spiro atoms. The van der Waals surface area contributed by atoms with E-state index in [1.807, 2.05) is 49.1 Å². The molecular formula is C27H25N5O2. The number of ether oxygens (including phenoxy) is 2. The number of nitrogens with zero attached hydrogens (tertiary/aromatic N) is 4. The number of hydrogen-bond donors (Lipinski definition) is 1. The smallest absolute Gasteiger partial charge is 0.226 e. The Morgan fingerprint density at radius 2 is 1.68 bits per heavy atom. The first-order valence-electron chi connectivity index (χ1n) is 11.2. The van der Waals surface area contributed by atoms with Crippen LogP contribution in [0.1, 0.15) is 28.8 Å². The summed E-state index contributed by atoms with van der Waals surface area (Å²) in [6.45, 7) is 0. The fourth-order valence-electron chi connectivity index (χ4n) is 4.75. The van der Waals surface area contributed by atoms with E-state index in [-0.39, 0.29) is 12.1 Å². The molecule has 0 amide bonds. The van der Waals surface area contributed by atoms with Crippen LogP contribution in [0.15, 0.2) is 84.7 Å². The highest BCUT2D eigenvalue weighted by atomic mass is 16.5. The lowest BCUT2D eigenvalue weighted by Gasteiger charge is -2.39. The van der Waals surface area contributed by atoms with Gasteiger partial charge in [0.1, 0.15) is 30.0 Å². The number of benzene rings is 3. The molecule has 3 heterocycles. The monoisotopic (exact) mass is 451 g/mol. The van der Waals surface area contributed by atoms with Crippen molar-refractivity contribution in [2.75, 3.05) is 31.4 Å². The van der Waals surface area contributed by atoms with Crippen molar-refractivity contribution >= 4 is 17.3 Å². The molecule has 3 aromatic carbocycles. The van der Waals surface area contributed by atoms with Gasteiger partial charge in [-0.1, -0.05) is 36.4 Å². The number of nitrogens with one attached hydrogen (secondary N) is 1. The lowest BCUT2D eigenvalue weighted by Crippen LogP contribution is -2.32. The fourth-order valence-corrected chi connectivity index (χ4v) is 4.75. The van der Waals surface area contributed by atoms with E-state index in [2.05, 4.69) is 62.8 Å². The van der Waals surface area contributed by atoms with Gasteiger partial charge in [0.2, 0.25) is 5.95 Å². The summed E-state index contributed by atoms with van der Waals surface area (Å²) in [4.78, 5) is 6.60. The van der Waals surface area contributed by atoms with E-state index in [4.69, 9.17) is 9.47 Å². The minimum absolute atomic E-state index is 0.176. The summed E-state index contributed by atoms with van der Waals surface area (Å²) in [6, 6.07) is 24.6. The summed E-state index contributed by atoms with van der Waals surface area (Å²) in [5.41, 5.74) is 6.44. The third-order valence-electron chi connectivity index (χ3n) is 6.47. The molecular weight excluding hydrogens is 426 g/mol. The summed E-state index contributed by atoms with van der Waals surface area (Å²) in [5, 5.41) is 8.14. The lowest BCUT2D eigenvalue weighted by molar-refractivity contribution is 0.223. The minimum Gasteiger partial charge on any atom is -0.497 e. The molecule has 34 heavy (non-hydrogen) atoms. The Kier molecular flexibility index (Phi) is 4.76. The molecule has 2 aliphatic rings. The Labute approximate surface area is 198 Å². The summed E-state index contributed by atoms with van der Waals surface area (Å²) < 4.78 is 14.0. The molecule has 0 radical (unpaired) electrons. The molecule has 1 N–H and O–H groups in total. The lowest BCUT2D eigenvalue weighted by atomic mass is 9.84. The summed E-state index contributed by atoms with van der Waals surface area (Å²) in [5.74, 6) is 2.36. The van der Waals surface area contributed by atoms with Gasteiger partial charge in [-0.3, -0.25) is 0 Å². The highest BCUT2D eigenvalue weighted by molar-refractivity contribution is 5.85. The van der Waals surface area contributed by atoms with E-state index in [0.29, 0.717) is 5.95 Å². The molecule has 6 rings (SSSR count). The molecule has 0 unspecified atom stereocenters. The molecule has 7 heteroatoms. The maximum atomic E-state index is 6.66. The van der Waals surface area contributed by atoms with Crippen LogP contribution >= 0.6 is 0 Å². The first-order valence-corrected chi connectivity index (χ1v) is 11.2. The quantitative estimate of drug-likeness (QED) is 0.476. The van der Waals surface area contributed by atoms with Gasteiger partial charge in [0.25, 0.3) is 0 Å². The third-order valence-corrected chi connectivity index (χ3v) is 6.47. The molecule has 7 nitrogen and oxygen atoms in total. The normalized spacial score (nSPS) is 18.2. The molecule has 170 valence electrons. The Hall–Kier alpha value is -4.26. The molecule has 0 fully saturated rings. The number of fused-ring (bicyclic) bond motifs is 3. The van der Waals surface area contributed by atoms with E-state index >= 15 is 0 Å². The third kappa shape index (κ3) is 3.20. The zero-order valence-electron chi connectivity index (χ0n) is 19.3. The maximum absolute atomic E-state index is 6.66. The van der Waals surface area contributed by atoms with Gasteiger partial charge >= 0.3 is 0 Å². The predicted octanol–water partition coefficient (Wildman–Crippen LogP) is 4.91. The Balaban J connectivity index is 1.57. The van der Waals surface area contributed by atoms with E-state index in [9.17, 15) is 0 Å². The number of aromatic nitrogens is 3. The van der Waals surface area contributed by atoms with Gasteiger partial charge in [0, 0.05) is 30.9 Å². The number of methoxy groups -OCH3 is 1. The Morgan fingerprint density at radius 1 is 0.941 bits per heavy atom. The second-order valence-corrected chi connectivity index (χ2v) is 8.64. The molecule has 4 aromatic rings. The zero-order valence-corrected chi connectivity index (χ0v) is 19.3. The summed E-state index contributed by atoms with van der Waals surface area (Å²) in [7, 11) is 5.76. The van der Waals surface area contributed by atoms with Gasteiger partial charge in [-0.2, -0.15) is 10.1 Å². The van der Waals surface area contributed by atoms with Gasteiger partial charge in [-0.15, -0.1) is 0 Å². The first kappa shape index (κ1) is 20.4. The Morgan fingerprint density at radius 3 is 2.41 bits per heavy atom. The van der Waals surface area contributed by atoms with Crippen LogP contribution in [0.4, 0.5) is 11.6 Å². The van der Waals surface area contributed by atoms with Gasteiger partial charge in [-0.05, 0) is 47.5 Å². The van der Waals surface area contributed by atoms with Crippen molar-refractivity contribution in [1.29, 1.82) is 0 Å². The van der Waals surface area contributed by atoms with Crippen molar-refractivity contribution in [3.8, 4) is 11.5 Å². The standard InChI is InChI=1S/C27H25N5O2/c1-31(2)19-12-8-17(9-13-19)25-23-24(30-27-28-16-29-32(25)27)21-6-4-5-7-22(21)34-26(23)18-10-14-20(33-3)15-11-18/h4-16,25-26H,1-3H3,(H,28,29,30)/t25-,26+/m0/s1. The van der Waals surface area contributed by atoms with Crippen LogP contribution in [0, 0.1) is 0 Å². The van der Waals surface area contributed by atoms with Crippen LogP contribution in [0.2, 0.25) is 0 Å². The van der Waals surface area contributed by atoms with Crippen LogP contribution in [0.25, 0.3) is 5.70 Å². The van der Waals surface area contributed by atoms with Gasteiger partial charge in [-0.25, -0.2) is 4.68 Å². The molecule has 2 atom stereocenters. The number of anilines is 2. The van der Waals surface area contributed by atoms with Crippen molar-refractivity contribution in [1.82, 2.24) is 14.8 Å². The first-order chi connectivity index (χ1) is 16.6. The van der Waals surface area contributed by atoms with Crippen LogP contribution in [-0.2, 0) is 0 Å². The minimum atomic E-state index is -0.306. The second-order valence-electron chi connectivity index (χ2n) is 8.64. The van der Waals surface area contributed by atoms with Crippen LogP contribution in [0.3, 0.4) is 0 Å². The average Bonchev–Trinajstić information content (AvgIpc) is 3.35. The highest BCUT2D eigenvalue weighted by Crippen LogP contribution is 2.50. The molecule has 0 aliphatic carbocycles. The van der Waals surface area contributed by atoms with Crippen LogP contribution < -0.4 is 19.7 Å². The summed E-state index contributed by atoms with van der Waals surface area (Å²) >= 11 is 0. The maximum Gasteiger partial charge on any atom is 0.226 e. The number of hydrogen-bond acceptors (Lipinski definition) is 6. The van der Waals surface area contributed by atoms with Crippen molar-refractivity contribution in [2.24, 2.45) is 0 Å². The SMILES string of the molecule is COc1ccc([C@H]2Oc3ccccc3C3=C2[C@H](c2ccc(N(C)C)cc2)n2ncnc2N3)cc1. The van der Waals surface area contributed by atoms with Crippen molar-refractivity contribution < 1.29 is 9.47 Å². The van der Waals surface area contributed by atoms with Crippen LogP contribution in [-0.4, -0.2) is 36.0 Å². The van der Waals surface area contributed by atoms with E-state index in [1.165, 1.54) is 0 Å². The molecule has 0 saturated carbocycles. The zero-order chi connectivity index (χ0) is 23.2. The van der Waals surface area contributed by atoms with E-state index < -0.39 is 0 Å². The van der Waals surface area contributed by atoms with Gasteiger partial charge in [0.15, 0.2) is 0 Å². The second kappa shape index (κ2) is 7.95. The number of para-hydroxylation sites is 1. The fraction of sp³-hybridized carbons (Fsp3) is 0.185. The van der Waals surface area contributed by atoms with Gasteiger partial charge in [0.05, 0.1) is 12.8 Å². The van der Waals surface area contributed by atoms with E-state index in [1.54, 1.807) is 13.4 Å². The molecule has 2 aliphatic heterocycles. The Bertz CT molecular complexity index is 1370. The number of rotatable bonds is 4. The predicted molar refractivity (Wildman–Crippen MR) is 132 cm³/mol. The largest absolute Gasteiger partial charge is 0.497 e. The molecule has 1 aromatic heterocycles. The van der Waals surface area contributed by atoms with Gasteiger partial charge < -0.3 is 19.7 Å². The highest BCUT2D eigenvalue weighted by Gasteiger charge is 2.40. The average molecular weight is 452 g/mol. The molecule has 0 bridgehead atoms. The van der Waals surface area contributed by atoms with E-state index in [0.717, 1.165) is 45.1 Å².